The predicted octanol–water partition coefficient (Wildman–Crippen LogP) is 2.03. The maximum absolute atomic E-state index is 12.1. The van der Waals surface area contributed by atoms with Crippen LogP contribution in [0.4, 0.5) is 0 Å². The van der Waals surface area contributed by atoms with Gasteiger partial charge in [0, 0.05) is 30.5 Å². The van der Waals surface area contributed by atoms with Gasteiger partial charge >= 0.3 is 11.9 Å². The van der Waals surface area contributed by atoms with Gasteiger partial charge in [-0.3, -0.25) is 9.59 Å². The summed E-state index contributed by atoms with van der Waals surface area (Å²) in [5.41, 5.74) is 0.512. The molecule has 4 N–H and O–H groups in total. The lowest BCUT2D eigenvalue weighted by molar-refractivity contribution is -0.134. The Kier molecular flexibility index (Phi) is 8.57. The molecular weight excluding hydrogens is 378 g/mol. The Morgan fingerprint density at radius 2 is 1.72 bits per heavy atom. The predicted molar refractivity (Wildman–Crippen MR) is 103 cm³/mol. The van der Waals surface area contributed by atoms with Crippen LogP contribution in [0.1, 0.15) is 55.4 Å². The first kappa shape index (κ1) is 22.3. The van der Waals surface area contributed by atoms with E-state index >= 15 is 0 Å². The van der Waals surface area contributed by atoms with Crippen LogP contribution in [0.3, 0.4) is 0 Å². The fraction of sp³-hybridized carbons (Fsp3) is 0.550. The van der Waals surface area contributed by atoms with Crippen molar-refractivity contribution in [2.75, 3.05) is 6.54 Å². The zero-order valence-corrected chi connectivity index (χ0v) is 16.2. The molecule has 29 heavy (non-hydrogen) atoms. The Morgan fingerprint density at radius 3 is 2.28 bits per heavy atom. The molecule has 0 aromatic carbocycles. The molecule has 1 aromatic rings. The second-order valence-electron chi connectivity index (χ2n) is 7.37. The first-order chi connectivity index (χ1) is 13.9. The van der Waals surface area contributed by atoms with Crippen LogP contribution in [0.25, 0.3) is 0 Å². The van der Waals surface area contributed by atoms with Crippen LogP contribution in [-0.2, 0) is 14.4 Å². The lowest BCUT2D eigenvalue weighted by Crippen LogP contribution is -2.29. The molecule has 0 saturated heterocycles. The summed E-state index contributed by atoms with van der Waals surface area (Å²) in [7, 11) is 0. The number of imidazole rings is 1. The molecule has 1 heterocycles. The second kappa shape index (κ2) is 11.1. The number of aromatic amines is 1. The SMILES string of the molecule is O=C(NCCC1CCCCC1)[C@H]1C[C@H]1C(=O)c1cnc[nH]1.O=C(O)C=CC(=O)O. The molecular formula is C20H27N3O6. The molecule has 9 nitrogen and oxygen atoms in total. The van der Waals surface area contributed by atoms with E-state index in [1.165, 1.54) is 44.6 Å². The molecule has 2 aliphatic carbocycles. The standard InChI is InChI=1S/C16H23N3O2.C4H4O4/c20-15(14-9-17-10-19-14)12-8-13(12)16(21)18-7-6-11-4-2-1-3-5-11;5-3(6)1-2-4(7)8/h9-13H,1-8H2,(H,17,19)(H,18,21);1-2H,(H,5,6)(H,7,8)/t12-,13+;/m1./s1. The number of nitrogens with zero attached hydrogens (tertiary/aromatic N) is 1. The average Bonchev–Trinajstić information content (AvgIpc) is 3.32. The molecule has 9 heteroatoms. The lowest BCUT2D eigenvalue weighted by Gasteiger charge is -2.21. The van der Waals surface area contributed by atoms with Gasteiger partial charge in [0.2, 0.25) is 5.91 Å². The number of rotatable bonds is 8. The molecule has 2 saturated carbocycles. The number of carboxylic acid groups (broad SMARTS) is 2. The van der Waals surface area contributed by atoms with Crippen LogP contribution in [0, 0.1) is 17.8 Å². The summed E-state index contributed by atoms with van der Waals surface area (Å²) in [6.45, 7) is 0.755. The summed E-state index contributed by atoms with van der Waals surface area (Å²) in [5, 5.41) is 18.6. The number of aliphatic carboxylic acids is 2. The quantitative estimate of drug-likeness (QED) is 0.382. The van der Waals surface area contributed by atoms with Crippen molar-refractivity contribution >= 4 is 23.6 Å². The molecule has 3 rings (SSSR count). The minimum Gasteiger partial charge on any atom is -0.478 e. The first-order valence-electron chi connectivity index (χ1n) is 9.82. The van der Waals surface area contributed by atoms with Gasteiger partial charge in [-0.05, 0) is 18.8 Å². The Balaban J connectivity index is 0.000000321. The summed E-state index contributed by atoms with van der Waals surface area (Å²) >= 11 is 0. The fourth-order valence-electron chi connectivity index (χ4n) is 3.51. The highest BCUT2D eigenvalue weighted by atomic mass is 16.4. The number of ketones is 1. The van der Waals surface area contributed by atoms with E-state index in [0.29, 0.717) is 24.3 Å². The van der Waals surface area contributed by atoms with E-state index in [-0.39, 0.29) is 23.5 Å². The minimum atomic E-state index is -1.26. The van der Waals surface area contributed by atoms with Crippen LogP contribution < -0.4 is 5.32 Å². The maximum Gasteiger partial charge on any atom is 0.328 e. The minimum absolute atomic E-state index is 0.0138. The molecule has 0 spiro atoms. The third-order valence-corrected chi connectivity index (χ3v) is 5.17. The van der Waals surface area contributed by atoms with Gasteiger partial charge in [0.25, 0.3) is 0 Å². The van der Waals surface area contributed by atoms with Crippen molar-refractivity contribution in [1.29, 1.82) is 0 Å². The molecule has 0 bridgehead atoms. The van der Waals surface area contributed by atoms with Gasteiger partial charge in [-0.25, -0.2) is 14.6 Å². The van der Waals surface area contributed by atoms with Crippen LogP contribution in [-0.4, -0.2) is 50.4 Å². The van der Waals surface area contributed by atoms with Crippen LogP contribution in [0.15, 0.2) is 24.7 Å². The lowest BCUT2D eigenvalue weighted by atomic mass is 9.87. The Morgan fingerprint density at radius 1 is 1.07 bits per heavy atom. The zero-order valence-electron chi connectivity index (χ0n) is 16.2. The average molecular weight is 405 g/mol. The highest BCUT2D eigenvalue weighted by Crippen LogP contribution is 2.40. The van der Waals surface area contributed by atoms with E-state index < -0.39 is 11.9 Å². The molecule has 1 amide bonds. The maximum atomic E-state index is 12.1. The number of aromatic nitrogens is 2. The summed E-state index contributed by atoms with van der Waals surface area (Å²) in [6, 6.07) is 0. The number of hydrogen-bond donors (Lipinski definition) is 4. The fourth-order valence-corrected chi connectivity index (χ4v) is 3.51. The number of carbonyl (C=O) groups is 4. The van der Waals surface area contributed by atoms with Crippen LogP contribution in [0.2, 0.25) is 0 Å². The summed E-state index contributed by atoms with van der Waals surface area (Å²) in [4.78, 5) is 49.9. The van der Waals surface area contributed by atoms with Crippen molar-refractivity contribution in [1.82, 2.24) is 15.3 Å². The van der Waals surface area contributed by atoms with Crippen molar-refractivity contribution < 1.29 is 29.4 Å². The third-order valence-electron chi connectivity index (χ3n) is 5.17. The van der Waals surface area contributed by atoms with Crippen molar-refractivity contribution in [3.05, 3.63) is 30.4 Å². The highest BCUT2D eigenvalue weighted by molar-refractivity contribution is 6.02. The highest BCUT2D eigenvalue weighted by Gasteiger charge is 2.48. The first-order valence-corrected chi connectivity index (χ1v) is 9.82. The topological polar surface area (TPSA) is 149 Å². The number of Topliss-reactive ketones (excluding diaryl/α,β-unsaturated/α-hetero) is 1. The van der Waals surface area contributed by atoms with Crippen molar-refractivity contribution in [3.8, 4) is 0 Å². The Hall–Kier alpha value is -2.97. The van der Waals surface area contributed by atoms with E-state index in [1.54, 1.807) is 0 Å². The van der Waals surface area contributed by atoms with E-state index in [1.807, 2.05) is 0 Å². The number of carboxylic acids is 2. The summed E-state index contributed by atoms with van der Waals surface area (Å²) in [5.74, 6) is -1.96. The Bertz CT molecular complexity index is 721. The van der Waals surface area contributed by atoms with E-state index in [2.05, 4.69) is 15.3 Å². The van der Waals surface area contributed by atoms with Gasteiger partial charge in [-0.15, -0.1) is 0 Å². The monoisotopic (exact) mass is 405 g/mol. The van der Waals surface area contributed by atoms with Gasteiger partial charge in [0.15, 0.2) is 5.78 Å². The van der Waals surface area contributed by atoms with Gasteiger partial charge in [-0.2, -0.15) is 0 Å². The summed E-state index contributed by atoms with van der Waals surface area (Å²) in [6.07, 6.45) is 12.5. The van der Waals surface area contributed by atoms with E-state index in [4.69, 9.17) is 10.2 Å². The van der Waals surface area contributed by atoms with E-state index in [9.17, 15) is 19.2 Å². The van der Waals surface area contributed by atoms with Gasteiger partial charge in [-0.1, -0.05) is 32.1 Å². The molecule has 158 valence electrons. The summed E-state index contributed by atoms with van der Waals surface area (Å²) < 4.78 is 0. The number of carbonyl (C=O) groups excluding carboxylic acids is 2. The molecule has 0 unspecified atom stereocenters. The smallest absolute Gasteiger partial charge is 0.328 e. The number of amides is 1. The molecule has 2 fully saturated rings. The molecule has 1 aromatic heterocycles. The number of H-pyrrole nitrogens is 1. The van der Waals surface area contributed by atoms with Gasteiger partial charge in [0.05, 0.1) is 12.5 Å². The van der Waals surface area contributed by atoms with Crippen molar-refractivity contribution in [3.63, 3.8) is 0 Å². The van der Waals surface area contributed by atoms with Crippen LogP contribution in [0.5, 0.6) is 0 Å². The van der Waals surface area contributed by atoms with Gasteiger partial charge in [0.1, 0.15) is 5.69 Å². The zero-order chi connectivity index (χ0) is 21.2. The van der Waals surface area contributed by atoms with Gasteiger partial charge < -0.3 is 20.5 Å². The largest absolute Gasteiger partial charge is 0.478 e. The van der Waals surface area contributed by atoms with Crippen LogP contribution >= 0.6 is 0 Å². The number of hydrogen-bond acceptors (Lipinski definition) is 5. The van der Waals surface area contributed by atoms with Crippen molar-refractivity contribution in [2.45, 2.75) is 44.9 Å². The normalized spacial score (nSPS) is 21.1. The molecule has 0 radical (unpaired) electrons. The molecule has 2 atom stereocenters. The molecule has 0 aliphatic heterocycles. The number of nitrogens with one attached hydrogen (secondary N) is 2. The second-order valence-corrected chi connectivity index (χ2v) is 7.37. The van der Waals surface area contributed by atoms with E-state index in [0.717, 1.165) is 18.9 Å². The molecule has 2 aliphatic rings. The Labute approximate surface area is 168 Å². The van der Waals surface area contributed by atoms with Crippen molar-refractivity contribution in [2.24, 2.45) is 17.8 Å². The third kappa shape index (κ3) is 7.89.